The summed E-state index contributed by atoms with van der Waals surface area (Å²) in [4.78, 5) is 26.3. The standard InChI is InChI=1S/C26H27NO5/c1-16-23(26(29)32-15-17-10-12-19(30-2)13-11-17)24(18-6-4-7-20(14-18)31-3)25-21(27-16)8-5-9-22(25)28/h4,6-7,10-14,24,27H,5,8-9,15H2,1-3H3. The number of rotatable bonds is 6. The van der Waals surface area contributed by atoms with Crippen LogP contribution in [-0.4, -0.2) is 26.0 Å². The molecule has 0 saturated carbocycles. The lowest BCUT2D eigenvalue weighted by atomic mass is 9.75. The summed E-state index contributed by atoms with van der Waals surface area (Å²) in [5, 5.41) is 3.31. The molecule has 0 amide bonds. The number of carbonyl (C=O) groups excluding carboxylic acids is 2. The van der Waals surface area contributed by atoms with E-state index in [2.05, 4.69) is 5.32 Å². The molecule has 166 valence electrons. The van der Waals surface area contributed by atoms with Crippen molar-refractivity contribution in [2.24, 2.45) is 0 Å². The van der Waals surface area contributed by atoms with Gasteiger partial charge in [-0.2, -0.15) is 0 Å². The van der Waals surface area contributed by atoms with Crippen molar-refractivity contribution in [2.75, 3.05) is 14.2 Å². The molecule has 1 N–H and O–H groups in total. The van der Waals surface area contributed by atoms with Gasteiger partial charge in [0.15, 0.2) is 5.78 Å². The molecule has 1 unspecified atom stereocenters. The number of benzene rings is 2. The molecule has 1 aliphatic carbocycles. The fraction of sp³-hybridized carbons (Fsp3) is 0.308. The summed E-state index contributed by atoms with van der Waals surface area (Å²) in [5.41, 5.74) is 4.42. The van der Waals surface area contributed by atoms with E-state index < -0.39 is 11.9 Å². The number of dihydropyridines is 1. The van der Waals surface area contributed by atoms with Crippen molar-refractivity contribution in [1.82, 2.24) is 5.32 Å². The summed E-state index contributed by atoms with van der Waals surface area (Å²) in [6.07, 6.45) is 2.07. The maximum atomic E-state index is 13.3. The highest BCUT2D eigenvalue weighted by Gasteiger charge is 2.39. The summed E-state index contributed by atoms with van der Waals surface area (Å²) < 4.78 is 16.3. The van der Waals surface area contributed by atoms with Gasteiger partial charge < -0.3 is 19.5 Å². The Bertz CT molecular complexity index is 1100. The number of nitrogens with one attached hydrogen (secondary N) is 1. The molecule has 32 heavy (non-hydrogen) atoms. The SMILES string of the molecule is COc1ccc(COC(=O)C2=C(C)NC3=C(C(=O)CCC3)C2c2cccc(OC)c2)cc1. The summed E-state index contributed by atoms with van der Waals surface area (Å²) in [7, 11) is 3.21. The zero-order valence-electron chi connectivity index (χ0n) is 18.6. The number of Topliss-reactive ketones (excluding diaryl/α,β-unsaturated/α-hetero) is 1. The third-order valence-corrected chi connectivity index (χ3v) is 5.95. The second-order valence-electron chi connectivity index (χ2n) is 7.97. The first-order chi connectivity index (χ1) is 15.5. The van der Waals surface area contributed by atoms with Crippen LogP contribution in [0, 0.1) is 0 Å². The van der Waals surface area contributed by atoms with Gasteiger partial charge in [-0.1, -0.05) is 24.3 Å². The predicted molar refractivity (Wildman–Crippen MR) is 120 cm³/mol. The summed E-state index contributed by atoms with van der Waals surface area (Å²) in [6, 6.07) is 14.9. The topological polar surface area (TPSA) is 73.9 Å². The Morgan fingerprint density at radius 1 is 1.03 bits per heavy atom. The van der Waals surface area contributed by atoms with Crippen LogP contribution in [0.2, 0.25) is 0 Å². The van der Waals surface area contributed by atoms with Gasteiger partial charge in [0.1, 0.15) is 18.1 Å². The third-order valence-electron chi connectivity index (χ3n) is 5.95. The largest absolute Gasteiger partial charge is 0.497 e. The van der Waals surface area contributed by atoms with Gasteiger partial charge in [-0.05, 0) is 55.2 Å². The molecule has 6 nitrogen and oxygen atoms in total. The molecular weight excluding hydrogens is 406 g/mol. The molecule has 6 heteroatoms. The zero-order chi connectivity index (χ0) is 22.7. The second kappa shape index (κ2) is 9.30. The van der Waals surface area contributed by atoms with Gasteiger partial charge in [-0.15, -0.1) is 0 Å². The fourth-order valence-corrected chi connectivity index (χ4v) is 4.36. The maximum Gasteiger partial charge on any atom is 0.337 e. The van der Waals surface area contributed by atoms with E-state index in [1.54, 1.807) is 14.2 Å². The van der Waals surface area contributed by atoms with Gasteiger partial charge in [0.25, 0.3) is 0 Å². The van der Waals surface area contributed by atoms with Crippen molar-refractivity contribution in [3.05, 3.63) is 82.2 Å². The molecule has 0 aromatic heterocycles. The molecule has 0 saturated heterocycles. The Labute approximate surface area is 187 Å². The maximum absolute atomic E-state index is 13.3. The van der Waals surface area contributed by atoms with Crippen molar-refractivity contribution in [3.63, 3.8) is 0 Å². The smallest absolute Gasteiger partial charge is 0.337 e. The molecule has 1 heterocycles. The Morgan fingerprint density at radius 3 is 2.50 bits per heavy atom. The zero-order valence-corrected chi connectivity index (χ0v) is 18.6. The van der Waals surface area contributed by atoms with E-state index >= 15 is 0 Å². The Morgan fingerprint density at radius 2 is 1.78 bits per heavy atom. The number of ketones is 1. The van der Waals surface area contributed by atoms with Crippen LogP contribution in [-0.2, 0) is 20.9 Å². The van der Waals surface area contributed by atoms with Crippen molar-refractivity contribution < 1.29 is 23.8 Å². The van der Waals surface area contributed by atoms with Gasteiger partial charge in [-0.25, -0.2) is 4.79 Å². The van der Waals surface area contributed by atoms with Crippen molar-refractivity contribution in [2.45, 2.75) is 38.7 Å². The van der Waals surface area contributed by atoms with Crippen LogP contribution in [0.4, 0.5) is 0 Å². The van der Waals surface area contributed by atoms with Gasteiger partial charge in [-0.3, -0.25) is 4.79 Å². The Balaban J connectivity index is 1.67. The van der Waals surface area contributed by atoms with E-state index in [1.807, 2.05) is 55.5 Å². The minimum absolute atomic E-state index is 0.0690. The number of ether oxygens (including phenoxy) is 3. The van der Waals surface area contributed by atoms with Crippen molar-refractivity contribution in [1.29, 1.82) is 0 Å². The predicted octanol–water partition coefficient (Wildman–Crippen LogP) is 4.42. The molecule has 2 aromatic rings. The van der Waals surface area contributed by atoms with Crippen molar-refractivity contribution >= 4 is 11.8 Å². The highest BCUT2D eigenvalue weighted by Crippen LogP contribution is 2.43. The average molecular weight is 434 g/mol. The number of methoxy groups -OCH3 is 2. The number of hydrogen-bond donors (Lipinski definition) is 1. The molecule has 1 aliphatic heterocycles. The fourth-order valence-electron chi connectivity index (χ4n) is 4.36. The van der Waals surface area contributed by atoms with Crippen LogP contribution in [0.1, 0.15) is 43.2 Å². The van der Waals surface area contributed by atoms with Crippen LogP contribution in [0.15, 0.2) is 71.1 Å². The Kier molecular flexibility index (Phi) is 6.30. The van der Waals surface area contributed by atoms with E-state index in [0.717, 1.165) is 35.4 Å². The quantitative estimate of drug-likeness (QED) is 0.680. The van der Waals surface area contributed by atoms with Crippen molar-refractivity contribution in [3.8, 4) is 11.5 Å². The molecule has 0 fully saturated rings. The molecular formula is C26H27NO5. The van der Waals surface area contributed by atoms with E-state index in [1.165, 1.54) is 0 Å². The first kappa shape index (κ1) is 21.7. The Hall–Kier alpha value is -3.54. The van der Waals surface area contributed by atoms with Crippen LogP contribution in [0.25, 0.3) is 0 Å². The normalized spacial score (nSPS) is 18.1. The average Bonchev–Trinajstić information content (AvgIpc) is 2.82. The van der Waals surface area contributed by atoms with Crippen LogP contribution >= 0.6 is 0 Å². The lowest BCUT2D eigenvalue weighted by Gasteiger charge is -2.34. The highest BCUT2D eigenvalue weighted by molar-refractivity contribution is 6.03. The molecule has 0 radical (unpaired) electrons. The number of esters is 1. The summed E-state index contributed by atoms with van der Waals surface area (Å²) in [5.74, 6) is 0.555. The minimum Gasteiger partial charge on any atom is -0.497 e. The van der Waals surface area contributed by atoms with Crippen LogP contribution < -0.4 is 14.8 Å². The number of allylic oxidation sites excluding steroid dienone is 3. The molecule has 2 aliphatic rings. The molecule has 4 rings (SSSR count). The van der Waals surface area contributed by atoms with Gasteiger partial charge in [0, 0.05) is 29.3 Å². The molecule has 0 bridgehead atoms. The van der Waals surface area contributed by atoms with Crippen LogP contribution in [0.5, 0.6) is 11.5 Å². The second-order valence-corrected chi connectivity index (χ2v) is 7.97. The van der Waals surface area contributed by atoms with E-state index in [0.29, 0.717) is 29.0 Å². The molecule has 0 spiro atoms. The number of hydrogen-bond acceptors (Lipinski definition) is 6. The monoisotopic (exact) mass is 433 g/mol. The van der Waals surface area contributed by atoms with Gasteiger partial charge >= 0.3 is 5.97 Å². The van der Waals surface area contributed by atoms with Gasteiger partial charge in [0.05, 0.1) is 19.8 Å². The van der Waals surface area contributed by atoms with Crippen LogP contribution in [0.3, 0.4) is 0 Å². The van der Waals surface area contributed by atoms with E-state index in [-0.39, 0.29) is 12.4 Å². The molecule has 1 atom stereocenters. The summed E-state index contributed by atoms with van der Waals surface area (Å²) in [6.45, 7) is 1.99. The lowest BCUT2D eigenvalue weighted by Crippen LogP contribution is -2.34. The third kappa shape index (κ3) is 4.26. The molecule has 2 aromatic carbocycles. The number of carbonyl (C=O) groups is 2. The minimum atomic E-state index is -0.488. The first-order valence-corrected chi connectivity index (χ1v) is 10.7. The first-order valence-electron chi connectivity index (χ1n) is 10.7. The van der Waals surface area contributed by atoms with E-state index in [4.69, 9.17) is 14.2 Å². The van der Waals surface area contributed by atoms with E-state index in [9.17, 15) is 9.59 Å². The highest BCUT2D eigenvalue weighted by atomic mass is 16.5. The summed E-state index contributed by atoms with van der Waals surface area (Å²) >= 11 is 0. The van der Waals surface area contributed by atoms with Gasteiger partial charge in [0.2, 0.25) is 0 Å². The lowest BCUT2D eigenvalue weighted by molar-refractivity contribution is -0.140.